The zero-order valence-electron chi connectivity index (χ0n) is 14.3. The molecule has 0 radical (unpaired) electrons. The standard InChI is InChI=1S/C16H12BrN3O6S2/c1-2-13(22)18-15-19-20-16(28-15)27-7-8-5-9(21)11(6-24-8)26-14(23)10-3-4-12(17)25-10/h3-6H,2,7H2,1H3,(H,18,19,22). The van der Waals surface area contributed by atoms with Gasteiger partial charge in [-0.15, -0.1) is 10.2 Å². The molecule has 0 atom stereocenters. The number of carbonyl (C=O) groups excluding carboxylic acids is 2. The summed E-state index contributed by atoms with van der Waals surface area (Å²) in [6.45, 7) is 1.74. The fourth-order valence-electron chi connectivity index (χ4n) is 1.82. The van der Waals surface area contributed by atoms with E-state index >= 15 is 0 Å². The van der Waals surface area contributed by atoms with Crippen LogP contribution in [0.25, 0.3) is 0 Å². The molecule has 0 bridgehead atoms. The van der Waals surface area contributed by atoms with Crippen molar-refractivity contribution >= 4 is 56.0 Å². The van der Waals surface area contributed by atoms with Crippen LogP contribution < -0.4 is 15.5 Å². The number of rotatable bonds is 7. The van der Waals surface area contributed by atoms with E-state index in [-0.39, 0.29) is 17.4 Å². The second-order valence-electron chi connectivity index (χ2n) is 5.13. The van der Waals surface area contributed by atoms with E-state index in [2.05, 4.69) is 31.4 Å². The first-order valence-electron chi connectivity index (χ1n) is 7.80. The monoisotopic (exact) mass is 485 g/mol. The maximum atomic E-state index is 12.1. The number of esters is 1. The molecular weight excluding hydrogens is 474 g/mol. The van der Waals surface area contributed by atoms with Crippen molar-refractivity contribution in [2.45, 2.75) is 23.4 Å². The maximum absolute atomic E-state index is 12.1. The van der Waals surface area contributed by atoms with Crippen molar-refractivity contribution in [1.82, 2.24) is 10.2 Å². The van der Waals surface area contributed by atoms with Crippen LogP contribution in [0.1, 0.15) is 29.7 Å². The molecule has 1 amide bonds. The highest BCUT2D eigenvalue weighted by Crippen LogP contribution is 2.28. The molecule has 0 aliphatic carbocycles. The van der Waals surface area contributed by atoms with Crippen LogP contribution in [0.4, 0.5) is 5.13 Å². The number of nitrogens with zero attached hydrogens (tertiary/aromatic N) is 2. The number of furan rings is 1. The normalized spacial score (nSPS) is 10.6. The Labute approximate surface area is 174 Å². The molecule has 0 aliphatic heterocycles. The lowest BCUT2D eigenvalue weighted by Gasteiger charge is -2.02. The van der Waals surface area contributed by atoms with Gasteiger partial charge in [0.05, 0.1) is 5.75 Å². The van der Waals surface area contributed by atoms with Crippen LogP contribution in [0, 0.1) is 0 Å². The van der Waals surface area contributed by atoms with Gasteiger partial charge in [0, 0.05) is 12.5 Å². The number of nitrogens with one attached hydrogen (secondary N) is 1. The van der Waals surface area contributed by atoms with Crippen molar-refractivity contribution in [2.24, 2.45) is 0 Å². The molecule has 0 fully saturated rings. The highest BCUT2D eigenvalue weighted by atomic mass is 79.9. The van der Waals surface area contributed by atoms with Crippen molar-refractivity contribution in [3.63, 3.8) is 0 Å². The second kappa shape index (κ2) is 9.17. The van der Waals surface area contributed by atoms with E-state index in [0.29, 0.717) is 32.1 Å². The van der Waals surface area contributed by atoms with E-state index in [1.165, 1.54) is 41.3 Å². The molecule has 3 aromatic rings. The van der Waals surface area contributed by atoms with Crippen molar-refractivity contribution < 1.29 is 23.2 Å². The summed E-state index contributed by atoms with van der Waals surface area (Å²) >= 11 is 5.58. The number of ether oxygens (including phenoxy) is 1. The summed E-state index contributed by atoms with van der Waals surface area (Å²) in [6.07, 6.45) is 1.42. The predicted octanol–water partition coefficient (Wildman–Crippen LogP) is 3.71. The summed E-state index contributed by atoms with van der Waals surface area (Å²) in [5, 5.41) is 10.8. The molecule has 0 spiro atoms. The Hall–Kier alpha value is -2.44. The third-order valence-corrected chi connectivity index (χ3v) is 5.56. The van der Waals surface area contributed by atoms with Gasteiger partial charge in [0.1, 0.15) is 12.0 Å². The van der Waals surface area contributed by atoms with Gasteiger partial charge in [0.15, 0.2) is 9.01 Å². The number of thioether (sulfide) groups is 1. The van der Waals surface area contributed by atoms with Crippen molar-refractivity contribution in [3.8, 4) is 5.75 Å². The number of halogens is 1. The Balaban J connectivity index is 1.59. The molecule has 146 valence electrons. The fraction of sp³-hybridized carbons (Fsp3) is 0.188. The molecule has 12 heteroatoms. The highest BCUT2D eigenvalue weighted by Gasteiger charge is 2.16. The van der Waals surface area contributed by atoms with Crippen LogP contribution in [-0.2, 0) is 10.5 Å². The molecule has 1 N–H and O–H groups in total. The molecule has 0 saturated heterocycles. The zero-order valence-corrected chi connectivity index (χ0v) is 17.5. The van der Waals surface area contributed by atoms with Crippen LogP contribution in [0.2, 0.25) is 0 Å². The van der Waals surface area contributed by atoms with Gasteiger partial charge in [-0.2, -0.15) is 0 Å². The number of hydrogen-bond donors (Lipinski definition) is 1. The number of carbonyl (C=O) groups is 2. The van der Waals surface area contributed by atoms with Gasteiger partial charge in [-0.1, -0.05) is 30.0 Å². The lowest BCUT2D eigenvalue weighted by molar-refractivity contribution is -0.115. The van der Waals surface area contributed by atoms with Crippen molar-refractivity contribution in [1.29, 1.82) is 0 Å². The maximum Gasteiger partial charge on any atom is 0.379 e. The molecule has 0 unspecified atom stereocenters. The Kier molecular flexibility index (Phi) is 6.65. The first kappa shape index (κ1) is 20.3. The average Bonchev–Trinajstić information content (AvgIpc) is 3.30. The van der Waals surface area contributed by atoms with Gasteiger partial charge in [0.2, 0.25) is 28.0 Å². The molecule has 9 nitrogen and oxygen atoms in total. The van der Waals surface area contributed by atoms with Crippen LogP contribution in [-0.4, -0.2) is 22.1 Å². The first-order valence-corrected chi connectivity index (χ1v) is 10.4. The number of hydrogen-bond acceptors (Lipinski definition) is 10. The first-order chi connectivity index (χ1) is 13.4. The number of aromatic nitrogens is 2. The van der Waals surface area contributed by atoms with Gasteiger partial charge in [-0.05, 0) is 28.1 Å². The minimum atomic E-state index is -0.810. The lowest BCUT2D eigenvalue weighted by Crippen LogP contribution is -2.14. The van der Waals surface area contributed by atoms with Crippen molar-refractivity contribution in [2.75, 3.05) is 5.32 Å². The van der Waals surface area contributed by atoms with Gasteiger partial charge < -0.3 is 18.9 Å². The summed E-state index contributed by atoms with van der Waals surface area (Å²) < 4.78 is 16.4. The minimum absolute atomic E-state index is 0.0480. The topological polar surface area (TPSA) is 125 Å². The van der Waals surface area contributed by atoms with Crippen molar-refractivity contribution in [3.05, 3.63) is 50.9 Å². The Morgan fingerprint density at radius 1 is 1.36 bits per heavy atom. The Morgan fingerprint density at radius 2 is 2.18 bits per heavy atom. The SMILES string of the molecule is CCC(=O)Nc1nnc(SCc2cc(=O)c(OC(=O)c3ccc(Br)o3)co2)s1. The highest BCUT2D eigenvalue weighted by molar-refractivity contribution is 9.10. The van der Waals surface area contributed by atoms with E-state index < -0.39 is 11.4 Å². The second-order valence-corrected chi connectivity index (χ2v) is 8.11. The Bertz CT molecular complexity index is 1060. The van der Waals surface area contributed by atoms with E-state index in [1.54, 1.807) is 6.92 Å². The zero-order chi connectivity index (χ0) is 20.1. The minimum Gasteiger partial charge on any atom is -0.464 e. The third kappa shape index (κ3) is 5.30. The van der Waals surface area contributed by atoms with Crippen LogP contribution >= 0.6 is 39.0 Å². The van der Waals surface area contributed by atoms with Crippen LogP contribution in [0.15, 0.2) is 47.1 Å². The molecular formula is C16H12BrN3O6S2. The van der Waals surface area contributed by atoms with Gasteiger partial charge >= 0.3 is 5.97 Å². The van der Waals surface area contributed by atoms with Gasteiger partial charge in [-0.25, -0.2) is 4.79 Å². The molecule has 0 aromatic carbocycles. The van der Waals surface area contributed by atoms with E-state index in [1.807, 2.05) is 0 Å². The predicted molar refractivity (Wildman–Crippen MR) is 105 cm³/mol. The van der Waals surface area contributed by atoms with Gasteiger partial charge in [0.25, 0.3) is 0 Å². The summed E-state index contributed by atoms with van der Waals surface area (Å²) in [7, 11) is 0. The summed E-state index contributed by atoms with van der Waals surface area (Å²) in [4.78, 5) is 35.4. The molecule has 3 rings (SSSR count). The van der Waals surface area contributed by atoms with Crippen LogP contribution in [0.3, 0.4) is 0 Å². The smallest absolute Gasteiger partial charge is 0.379 e. The number of amides is 1. The summed E-state index contributed by atoms with van der Waals surface area (Å²) in [5.41, 5.74) is -0.506. The third-order valence-electron chi connectivity index (χ3n) is 3.14. The van der Waals surface area contributed by atoms with Gasteiger partial charge in [-0.3, -0.25) is 9.59 Å². The summed E-state index contributed by atoms with van der Waals surface area (Å²) in [6, 6.07) is 4.18. The molecule has 0 saturated carbocycles. The van der Waals surface area contributed by atoms with Crippen LogP contribution in [0.5, 0.6) is 5.75 Å². The lowest BCUT2D eigenvalue weighted by atomic mass is 10.4. The Morgan fingerprint density at radius 3 is 2.86 bits per heavy atom. The summed E-state index contributed by atoms with van der Waals surface area (Å²) in [5.74, 6) is -0.573. The molecule has 3 heterocycles. The average molecular weight is 486 g/mol. The fourth-order valence-corrected chi connectivity index (χ4v) is 3.79. The largest absolute Gasteiger partial charge is 0.464 e. The van der Waals surface area contributed by atoms with E-state index in [0.717, 1.165) is 6.26 Å². The quantitative estimate of drug-likeness (QED) is 0.302. The number of anilines is 1. The van der Waals surface area contributed by atoms with E-state index in [9.17, 15) is 14.4 Å². The van der Waals surface area contributed by atoms with E-state index in [4.69, 9.17) is 13.6 Å². The molecule has 3 aromatic heterocycles. The molecule has 28 heavy (non-hydrogen) atoms. The molecule has 0 aliphatic rings.